The monoisotopic (exact) mass is 381 g/mol. The number of hydrogen-bond donors (Lipinski definition) is 2. The van der Waals surface area contributed by atoms with Crippen LogP contribution in [0.1, 0.15) is 40.5 Å². The highest BCUT2D eigenvalue weighted by Crippen LogP contribution is 2.37. The predicted molar refractivity (Wildman–Crippen MR) is 95.0 cm³/mol. The minimum Gasteiger partial charge on any atom is -0.328 e. The van der Waals surface area contributed by atoms with Crippen LogP contribution in [0.25, 0.3) is 0 Å². The Bertz CT molecular complexity index is 593. The molecule has 1 saturated heterocycles. The van der Waals surface area contributed by atoms with Gasteiger partial charge in [0.25, 0.3) is 0 Å². The summed E-state index contributed by atoms with van der Waals surface area (Å²) >= 11 is 3.34. The average molecular weight is 382 g/mol. The van der Waals surface area contributed by atoms with Gasteiger partial charge in [-0.25, -0.2) is 0 Å². The molecule has 1 aliphatic heterocycles. The summed E-state index contributed by atoms with van der Waals surface area (Å²) in [6, 6.07) is 7.15. The summed E-state index contributed by atoms with van der Waals surface area (Å²) in [5.74, 6) is -1.14. The number of hydrogen-bond acceptors (Lipinski definition) is 3. The van der Waals surface area contributed by atoms with Crippen molar-refractivity contribution in [3.63, 3.8) is 0 Å². The number of nitrogens with one attached hydrogen (secondary N) is 1. The summed E-state index contributed by atoms with van der Waals surface area (Å²) in [7, 11) is 0. The van der Waals surface area contributed by atoms with E-state index >= 15 is 0 Å². The van der Waals surface area contributed by atoms with Crippen molar-refractivity contribution >= 4 is 33.4 Å². The summed E-state index contributed by atoms with van der Waals surface area (Å²) in [5, 5.41) is 2.67. The fourth-order valence-corrected chi connectivity index (χ4v) is 3.99. The van der Waals surface area contributed by atoms with Gasteiger partial charge in [-0.2, -0.15) is 0 Å². The van der Waals surface area contributed by atoms with Crippen molar-refractivity contribution in [3.8, 4) is 0 Å². The third-order valence-electron chi connectivity index (χ3n) is 4.23. The lowest BCUT2D eigenvalue weighted by molar-refractivity contribution is -0.156. The number of rotatable bonds is 1. The molecule has 0 bridgehead atoms. The van der Waals surface area contributed by atoms with Crippen LogP contribution < -0.4 is 11.1 Å². The predicted octanol–water partition coefficient (Wildman–Crippen LogP) is 2.89. The average Bonchev–Trinajstić information content (AvgIpc) is 2.37. The van der Waals surface area contributed by atoms with E-state index in [1.807, 2.05) is 39.8 Å². The molecule has 1 heterocycles. The van der Waals surface area contributed by atoms with Crippen molar-refractivity contribution in [1.29, 1.82) is 0 Å². The van der Waals surface area contributed by atoms with Crippen LogP contribution in [-0.2, 0) is 9.59 Å². The highest BCUT2D eigenvalue weighted by Gasteiger charge is 2.48. The van der Waals surface area contributed by atoms with Crippen molar-refractivity contribution in [2.24, 2.45) is 5.73 Å². The number of halogens is 1. The third-order valence-corrected chi connectivity index (χ3v) is 4.76. The first kappa shape index (κ1) is 17.9. The largest absolute Gasteiger partial charge is 0.328 e. The lowest BCUT2D eigenvalue weighted by Crippen LogP contribution is -2.66. The molecule has 126 valence electrons. The molecule has 0 unspecified atom stereocenters. The fraction of sp³-hybridized carbons (Fsp3) is 0.529. The van der Waals surface area contributed by atoms with Crippen LogP contribution in [0.3, 0.4) is 0 Å². The minimum absolute atomic E-state index is 0.0265. The molecule has 1 aromatic carbocycles. The lowest BCUT2D eigenvalue weighted by Gasteiger charge is -2.54. The molecule has 1 aromatic rings. The number of nitrogens with two attached hydrogens (primary N) is 1. The van der Waals surface area contributed by atoms with Crippen LogP contribution in [0.2, 0.25) is 0 Å². The van der Waals surface area contributed by atoms with Crippen molar-refractivity contribution in [1.82, 2.24) is 4.90 Å². The summed E-state index contributed by atoms with van der Waals surface area (Å²) < 4.78 is 0.911. The Kier molecular flexibility index (Phi) is 4.87. The zero-order chi connectivity index (χ0) is 17.4. The Morgan fingerprint density at radius 1 is 1.13 bits per heavy atom. The van der Waals surface area contributed by atoms with Gasteiger partial charge in [-0.3, -0.25) is 9.59 Å². The molecular formula is C17H24BrN3O2. The Labute approximate surface area is 145 Å². The number of benzene rings is 1. The molecular weight excluding hydrogens is 358 g/mol. The van der Waals surface area contributed by atoms with Gasteiger partial charge in [0.05, 0.1) is 0 Å². The summed E-state index contributed by atoms with van der Waals surface area (Å²) in [6.07, 6.45) is 1.35. The number of carbonyl (C=O) groups excluding carboxylic acids is 2. The van der Waals surface area contributed by atoms with E-state index in [1.54, 1.807) is 17.0 Å². The normalized spacial score (nSPS) is 20.2. The number of piperidine rings is 1. The topological polar surface area (TPSA) is 75.4 Å². The van der Waals surface area contributed by atoms with Gasteiger partial charge in [0, 0.05) is 27.3 Å². The van der Waals surface area contributed by atoms with Gasteiger partial charge in [-0.05, 0) is 64.8 Å². The number of likely N-dealkylation sites (tertiary alicyclic amines) is 1. The number of carbonyl (C=O) groups is 2. The Balaban J connectivity index is 2.20. The smallest absolute Gasteiger partial charge is 0.313 e. The second kappa shape index (κ2) is 6.24. The first-order valence-corrected chi connectivity index (χ1v) is 8.49. The van der Waals surface area contributed by atoms with Gasteiger partial charge < -0.3 is 16.0 Å². The Hall–Kier alpha value is -1.40. The minimum atomic E-state index is -0.621. The van der Waals surface area contributed by atoms with Gasteiger partial charge in [0.2, 0.25) is 0 Å². The van der Waals surface area contributed by atoms with Gasteiger partial charge in [0.1, 0.15) is 0 Å². The van der Waals surface area contributed by atoms with Crippen molar-refractivity contribution in [2.45, 2.75) is 57.7 Å². The van der Waals surface area contributed by atoms with E-state index in [4.69, 9.17) is 5.73 Å². The molecule has 23 heavy (non-hydrogen) atoms. The zero-order valence-electron chi connectivity index (χ0n) is 14.0. The van der Waals surface area contributed by atoms with E-state index in [0.29, 0.717) is 18.5 Å². The zero-order valence-corrected chi connectivity index (χ0v) is 15.6. The van der Waals surface area contributed by atoms with Gasteiger partial charge in [-0.15, -0.1) is 0 Å². The van der Waals surface area contributed by atoms with Crippen LogP contribution in [0.4, 0.5) is 5.69 Å². The molecule has 6 heteroatoms. The van der Waals surface area contributed by atoms with Gasteiger partial charge in [-0.1, -0.05) is 15.9 Å². The lowest BCUT2D eigenvalue weighted by atomic mass is 9.77. The Morgan fingerprint density at radius 2 is 1.61 bits per heavy atom. The van der Waals surface area contributed by atoms with Crippen LogP contribution in [0.5, 0.6) is 0 Å². The fourth-order valence-electron chi connectivity index (χ4n) is 3.73. The second-order valence-electron chi connectivity index (χ2n) is 7.39. The first-order chi connectivity index (χ1) is 10.5. The maximum atomic E-state index is 12.8. The Morgan fingerprint density at radius 3 is 2.09 bits per heavy atom. The summed E-state index contributed by atoms with van der Waals surface area (Å²) in [4.78, 5) is 26.9. The van der Waals surface area contributed by atoms with E-state index in [0.717, 1.165) is 4.47 Å². The molecule has 5 nitrogen and oxygen atoms in total. The van der Waals surface area contributed by atoms with E-state index in [-0.39, 0.29) is 6.04 Å². The molecule has 1 aliphatic rings. The first-order valence-electron chi connectivity index (χ1n) is 7.70. The van der Waals surface area contributed by atoms with E-state index in [2.05, 4.69) is 21.2 Å². The van der Waals surface area contributed by atoms with Crippen LogP contribution in [0, 0.1) is 0 Å². The maximum absolute atomic E-state index is 12.8. The molecule has 2 rings (SSSR count). The number of amides is 2. The number of anilines is 1. The molecule has 0 spiro atoms. The third kappa shape index (κ3) is 3.93. The maximum Gasteiger partial charge on any atom is 0.313 e. The molecule has 0 atom stereocenters. The highest BCUT2D eigenvalue weighted by molar-refractivity contribution is 9.10. The van der Waals surface area contributed by atoms with Crippen molar-refractivity contribution < 1.29 is 9.59 Å². The van der Waals surface area contributed by atoms with Crippen LogP contribution in [-0.4, -0.2) is 33.8 Å². The highest BCUT2D eigenvalue weighted by atomic mass is 79.9. The molecule has 0 saturated carbocycles. The van der Waals surface area contributed by atoms with Crippen LogP contribution in [0.15, 0.2) is 28.7 Å². The molecule has 0 radical (unpaired) electrons. The molecule has 0 aromatic heterocycles. The van der Waals surface area contributed by atoms with E-state index in [9.17, 15) is 9.59 Å². The summed E-state index contributed by atoms with van der Waals surface area (Å²) in [5.41, 5.74) is 5.79. The van der Waals surface area contributed by atoms with Gasteiger partial charge in [0.15, 0.2) is 0 Å². The second-order valence-corrected chi connectivity index (χ2v) is 8.31. The molecule has 1 fully saturated rings. The number of nitrogens with zero attached hydrogens (tertiary/aromatic N) is 1. The molecule has 2 amide bonds. The van der Waals surface area contributed by atoms with Crippen molar-refractivity contribution in [3.05, 3.63) is 28.7 Å². The van der Waals surface area contributed by atoms with E-state index in [1.165, 1.54) is 0 Å². The van der Waals surface area contributed by atoms with E-state index < -0.39 is 22.9 Å². The molecule has 0 aliphatic carbocycles. The standard InChI is InChI=1S/C17H24BrN3O2/c1-16(2)9-12(19)10-17(3,4)21(16)15(23)14(22)20-13-7-5-11(18)6-8-13/h5-8,12H,9-10,19H2,1-4H3,(H,20,22). The molecule has 3 N–H and O–H groups in total. The SMILES string of the molecule is CC1(C)CC(N)CC(C)(C)N1C(=O)C(=O)Nc1ccc(Br)cc1. The quantitative estimate of drug-likeness (QED) is 0.734. The van der Waals surface area contributed by atoms with Crippen molar-refractivity contribution in [2.75, 3.05) is 5.32 Å². The van der Waals surface area contributed by atoms with Gasteiger partial charge >= 0.3 is 11.8 Å². The summed E-state index contributed by atoms with van der Waals surface area (Å²) in [6.45, 7) is 7.83. The van der Waals surface area contributed by atoms with Crippen LogP contribution >= 0.6 is 15.9 Å².